The summed E-state index contributed by atoms with van der Waals surface area (Å²) in [7, 11) is 0. The van der Waals surface area contributed by atoms with E-state index in [1.54, 1.807) is 0 Å². The highest BCUT2D eigenvalue weighted by atomic mass is 35.5. The number of amides is 1. The van der Waals surface area contributed by atoms with Crippen LogP contribution >= 0.6 is 11.6 Å². The second kappa shape index (κ2) is 12.3. The molecular weight excluding hydrogens is 746 g/mol. The van der Waals surface area contributed by atoms with Gasteiger partial charge in [0.1, 0.15) is 0 Å². The minimum Gasteiger partial charge on any atom is -0.329 e. The van der Waals surface area contributed by atoms with Crippen molar-refractivity contribution in [2.24, 2.45) is 0 Å². The number of carbonyl (C=O) groups is 1. The number of nitrogens with zero attached hydrogens (tertiary/aromatic N) is 1. The van der Waals surface area contributed by atoms with Crippen LogP contribution in [0.25, 0.3) is 0 Å². The zero-order valence-electron chi connectivity index (χ0n) is 22.5. The molecule has 0 radical (unpaired) electrons. The fourth-order valence-corrected chi connectivity index (χ4v) is 3.82. The van der Waals surface area contributed by atoms with E-state index >= 15 is 0 Å². The minimum atomic E-state index is -9.20. The molecule has 0 aromatic heterocycles. The lowest BCUT2D eigenvalue weighted by Gasteiger charge is -2.44. The first-order chi connectivity index (χ1) is 21.2. The second-order valence-corrected chi connectivity index (χ2v) is 10.3. The third-order valence-corrected chi connectivity index (χ3v) is 6.74. The SMILES string of the molecule is O=C(N(Cc1ccccc1)Cc1ccccc1)C(F)(F)C(F)(F)C(F)(F)C(F)(F)C(F)(F)C(F)(F)C(F)(F)C(F)(F)C(F)(F)C(F)(F)Cl. The van der Waals surface area contributed by atoms with E-state index in [1.807, 2.05) is 0 Å². The van der Waals surface area contributed by atoms with Gasteiger partial charge in [0.05, 0.1) is 0 Å². The Kier molecular flexibility index (Phi) is 10.5. The Morgan fingerprint density at radius 2 is 0.688 bits per heavy atom. The van der Waals surface area contributed by atoms with Crippen LogP contribution in [0.1, 0.15) is 11.1 Å². The first kappa shape index (κ1) is 41.0. The zero-order valence-corrected chi connectivity index (χ0v) is 23.2. The maximum atomic E-state index is 14.8. The lowest BCUT2D eigenvalue weighted by atomic mass is 9.86. The summed E-state index contributed by atoms with van der Waals surface area (Å²) in [5.41, 5.74) is -0.515. The molecule has 0 spiro atoms. The molecule has 0 atom stereocenters. The van der Waals surface area contributed by atoms with E-state index in [-0.39, 0.29) is 11.1 Å². The fourth-order valence-electron chi connectivity index (χ4n) is 3.70. The van der Waals surface area contributed by atoms with Gasteiger partial charge in [-0.3, -0.25) is 4.79 Å². The molecule has 0 heterocycles. The van der Waals surface area contributed by atoms with Crippen molar-refractivity contribution in [3.05, 3.63) is 71.8 Å². The zero-order chi connectivity index (χ0) is 37.8. The molecule has 2 nitrogen and oxygen atoms in total. The Balaban J connectivity index is 2.68. The van der Waals surface area contributed by atoms with Crippen molar-refractivity contribution in [2.45, 2.75) is 71.8 Å². The van der Waals surface area contributed by atoms with Crippen LogP contribution in [0.2, 0.25) is 0 Å². The molecule has 0 saturated carbocycles. The molecule has 0 aliphatic rings. The van der Waals surface area contributed by atoms with Gasteiger partial charge < -0.3 is 4.90 Å². The molecular formula is C25H14ClF20NO. The van der Waals surface area contributed by atoms with Gasteiger partial charge in [-0.25, -0.2) is 0 Å². The standard InChI is InChI=1S/C25H14ClF20NO/c26-25(45,46)24(43,44)23(41,42)22(39,40)21(37,38)20(35,36)19(33,34)18(31,32)17(29,30)16(27,28)15(48)47(11-13-7-3-1-4-8-13)12-14-9-5-2-6-10-14/h1-10H,11-12H2. The summed E-state index contributed by atoms with van der Waals surface area (Å²) in [6, 6.07) is 11.2. The number of carbonyl (C=O) groups excluding carboxylic acids is 1. The maximum Gasteiger partial charge on any atom is 0.393 e. The molecule has 23 heteroatoms. The van der Waals surface area contributed by atoms with Crippen LogP contribution in [0, 0.1) is 0 Å². The average Bonchev–Trinajstić information content (AvgIpc) is 2.96. The van der Waals surface area contributed by atoms with Gasteiger partial charge >= 0.3 is 64.6 Å². The molecule has 0 aliphatic carbocycles. The van der Waals surface area contributed by atoms with Gasteiger partial charge in [-0.15, -0.1) is 0 Å². The number of alkyl halides is 21. The summed E-state index contributed by atoms with van der Waals surface area (Å²) in [6.07, 6.45) is 0. The van der Waals surface area contributed by atoms with Crippen molar-refractivity contribution in [1.82, 2.24) is 4.90 Å². The molecule has 2 rings (SSSR count). The van der Waals surface area contributed by atoms with Gasteiger partial charge in [-0.2, -0.15) is 87.8 Å². The van der Waals surface area contributed by atoms with E-state index in [4.69, 9.17) is 0 Å². The van der Waals surface area contributed by atoms with E-state index in [1.165, 1.54) is 12.1 Å². The number of hydrogen-bond donors (Lipinski definition) is 0. The van der Waals surface area contributed by atoms with Gasteiger partial charge in [-0.05, 0) is 22.7 Å². The summed E-state index contributed by atoms with van der Waals surface area (Å²) >= 11 is 3.39. The number of hydrogen-bond acceptors (Lipinski definition) is 1. The monoisotopic (exact) mass is 759 g/mol. The van der Waals surface area contributed by atoms with Crippen molar-refractivity contribution in [1.29, 1.82) is 0 Å². The number of benzene rings is 2. The quantitative estimate of drug-likeness (QED) is 0.139. The van der Waals surface area contributed by atoms with Crippen LogP contribution in [0.5, 0.6) is 0 Å². The Bertz CT molecular complexity index is 1380. The smallest absolute Gasteiger partial charge is 0.329 e. The molecule has 0 saturated heterocycles. The predicted octanol–water partition coefficient (Wildman–Crippen LogP) is 9.76. The van der Waals surface area contributed by atoms with Crippen LogP contribution in [-0.2, 0) is 17.9 Å². The third-order valence-electron chi connectivity index (χ3n) is 6.50. The molecule has 0 aliphatic heterocycles. The number of rotatable bonds is 14. The van der Waals surface area contributed by atoms with Gasteiger partial charge in [-0.1, -0.05) is 60.7 Å². The van der Waals surface area contributed by atoms with E-state index in [0.717, 1.165) is 48.5 Å². The lowest BCUT2D eigenvalue weighted by Crippen LogP contribution is -2.77. The van der Waals surface area contributed by atoms with Gasteiger partial charge in [0.15, 0.2) is 0 Å². The Hall–Kier alpha value is -3.20. The topological polar surface area (TPSA) is 20.3 Å². The summed E-state index contributed by atoms with van der Waals surface area (Å²) in [6.45, 7) is -2.51. The van der Waals surface area contributed by atoms with Gasteiger partial charge in [0, 0.05) is 13.1 Å². The fraction of sp³-hybridized carbons (Fsp3) is 0.480. The van der Waals surface area contributed by atoms with E-state index in [2.05, 4.69) is 11.6 Å². The molecule has 48 heavy (non-hydrogen) atoms. The van der Waals surface area contributed by atoms with Crippen LogP contribution < -0.4 is 0 Å². The van der Waals surface area contributed by atoms with Crippen molar-refractivity contribution in [3.63, 3.8) is 0 Å². The number of halogens is 21. The van der Waals surface area contributed by atoms with Crippen LogP contribution in [-0.4, -0.2) is 69.5 Å². The van der Waals surface area contributed by atoms with Crippen LogP contribution in [0.15, 0.2) is 60.7 Å². The summed E-state index contributed by atoms with van der Waals surface area (Å²) in [4.78, 5) is 12.1. The van der Waals surface area contributed by atoms with E-state index < -0.39 is 82.6 Å². The summed E-state index contributed by atoms with van der Waals surface area (Å²) in [5, 5.41) is -7.08. The highest BCUT2D eigenvalue weighted by Gasteiger charge is 2.98. The Morgan fingerprint density at radius 1 is 0.438 bits per heavy atom. The van der Waals surface area contributed by atoms with Crippen LogP contribution in [0.3, 0.4) is 0 Å². The normalized spacial score (nSPS) is 15.0. The van der Waals surface area contributed by atoms with Crippen molar-refractivity contribution in [3.8, 4) is 0 Å². The Morgan fingerprint density at radius 3 is 0.958 bits per heavy atom. The summed E-state index contributed by atoms with van der Waals surface area (Å²) < 4.78 is 278. The molecule has 1 amide bonds. The van der Waals surface area contributed by atoms with Crippen molar-refractivity contribution in [2.75, 3.05) is 0 Å². The van der Waals surface area contributed by atoms with Crippen molar-refractivity contribution >= 4 is 17.5 Å². The highest BCUT2D eigenvalue weighted by molar-refractivity contribution is 6.22. The molecule has 0 fully saturated rings. The van der Waals surface area contributed by atoms with Gasteiger partial charge in [0.2, 0.25) is 0 Å². The maximum absolute atomic E-state index is 14.8. The molecule has 0 N–H and O–H groups in total. The second-order valence-electron chi connectivity index (χ2n) is 9.80. The van der Waals surface area contributed by atoms with Crippen molar-refractivity contribution < 1.29 is 92.6 Å². The lowest BCUT2D eigenvalue weighted by molar-refractivity contribution is -0.464. The summed E-state index contributed by atoms with van der Waals surface area (Å²) in [5.74, 6) is -81.4. The largest absolute Gasteiger partial charge is 0.393 e. The average molecular weight is 760 g/mol. The first-order valence-electron chi connectivity index (χ1n) is 12.1. The van der Waals surface area contributed by atoms with Gasteiger partial charge in [0.25, 0.3) is 0 Å². The van der Waals surface area contributed by atoms with E-state index in [9.17, 15) is 92.6 Å². The van der Waals surface area contributed by atoms with E-state index in [0.29, 0.717) is 0 Å². The Labute approximate surface area is 259 Å². The third kappa shape index (κ3) is 5.98. The molecule has 0 bridgehead atoms. The molecule has 2 aromatic rings. The molecule has 272 valence electrons. The first-order valence-corrected chi connectivity index (χ1v) is 12.4. The predicted molar refractivity (Wildman–Crippen MR) is 122 cm³/mol. The van der Waals surface area contributed by atoms with Crippen LogP contribution in [0.4, 0.5) is 87.8 Å². The minimum absolute atomic E-state index is 0.258. The highest BCUT2D eigenvalue weighted by Crippen LogP contribution is 2.66. The molecule has 0 unspecified atom stereocenters. The molecule has 2 aromatic carbocycles.